The zero-order valence-electron chi connectivity index (χ0n) is 13.3. The van der Waals surface area contributed by atoms with Crippen LogP contribution in [0.15, 0.2) is 47.6 Å². The standard InChI is InChI=1S/C17H15Cl2N3O3/c1-25-15-5-3-2-4-13(15)17(24)20-10-16(23)22-21-9-11-6-7-12(18)8-14(11)19/h2-9H,10H2,1H3,(H,20,24)(H,22,23)/b21-9-. The molecule has 0 saturated carbocycles. The van der Waals surface area contributed by atoms with Gasteiger partial charge in [-0.1, -0.05) is 41.4 Å². The summed E-state index contributed by atoms with van der Waals surface area (Å²) in [5.41, 5.74) is 3.24. The molecular weight excluding hydrogens is 365 g/mol. The van der Waals surface area contributed by atoms with Crippen LogP contribution >= 0.6 is 23.2 Å². The second-order valence-electron chi connectivity index (χ2n) is 4.84. The van der Waals surface area contributed by atoms with E-state index in [4.69, 9.17) is 27.9 Å². The van der Waals surface area contributed by atoms with Crippen LogP contribution in [0.4, 0.5) is 0 Å². The van der Waals surface area contributed by atoms with Crippen molar-refractivity contribution in [1.29, 1.82) is 0 Å². The molecule has 0 heterocycles. The summed E-state index contributed by atoms with van der Waals surface area (Å²) in [5, 5.41) is 7.20. The van der Waals surface area contributed by atoms with Gasteiger partial charge in [-0.3, -0.25) is 9.59 Å². The number of nitrogens with zero attached hydrogens (tertiary/aromatic N) is 1. The average Bonchev–Trinajstić information content (AvgIpc) is 2.61. The summed E-state index contributed by atoms with van der Waals surface area (Å²) >= 11 is 11.8. The Balaban J connectivity index is 1.86. The fraction of sp³-hybridized carbons (Fsp3) is 0.118. The summed E-state index contributed by atoms with van der Waals surface area (Å²) in [6.45, 7) is -0.234. The first kappa shape index (κ1) is 18.8. The molecule has 130 valence electrons. The predicted octanol–water partition coefficient (Wildman–Crippen LogP) is 2.88. The van der Waals surface area contributed by atoms with E-state index in [1.807, 2.05) is 0 Å². The van der Waals surface area contributed by atoms with Crippen LogP contribution in [0.5, 0.6) is 5.75 Å². The van der Waals surface area contributed by atoms with Crippen LogP contribution in [0.3, 0.4) is 0 Å². The molecule has 0 spiro atoms. The van der Waals surface area contributed by atoms with Gasteiger partial charge in [0.15, 0.2) is 0 Å². The van der Waals surface area contributed by atoms with Crippen LogP contribution in [0.1, 0.15) is 15.9 Å². The highest BCUT2D eigenvalue weighted by Crippen LogP contribution is 2.19. The van der Waals surface area contributed by atoms with E-state index in [9.17, 15) is 9.59 Å². The third-order valence-corrected chi connectivity index (χ3v) is 3.68. The summed E-state index contributed by atoms with van der Waals surface area (Å²) in [4.78, 5) is 23.8. The van der Waals surface area contributed by atoms with E-state index < -0.39 is 11.8 Å². The summed E-state index contributed by atoms with van der Waals surface area (Å²) in [7, 11) is 1.47. The lowest BCUT2D eigenvalue weighted by atomic mass is 10.2. The average molecular weight is 380 g/mol. The molecule has 8 heteroatoms. The van der Waals surface area contributed by atoms with Gasteiger partial charge in [-0.2, -0.15) is 5.10 Å². The number of ether oxygens (including phenoxy) is 1. The van der Waals surface area contributed by atoms with Crippen LogP contribution in [-0.4, -0.2) is 31.7 Å². The van der Waals surface area contributed by atoms with Crippen molar-refractivity contribution in [1.82, 2.24) is 10.7 Å². The molecule has 2 amide bonds. The number of hydrogen-bond acceptors (Lipinski definition) is 4. The fourth-order valence-corrected chi connectivity index (χ4v) is 2.36. The van der Waals surface area contributed by atoms with Crippen LogP contribution in [0.25, 0.3) is 0 Å². The number of amides is 2. The molecule has 0 atom stereocenters. The highest BCUT2D eigenvalue weighted by molar-refractivity contribution is 6.36. The third kappa shape index (κ3) is 5.48. The van der Waals surface area contributed by atoms with Gasteiger partial charge in [-0.15, -0.1) is 0 Å². The quantitative estimate of drug-likeness (QED) is 0.598. The highest BCUT2D eigenvalue weighted by Gasteiger charge is 2.12. The van der Waals surface area contributed by atoms with Crippen molar-refractivity contribution in [3.05, 3.63) is 63.6 Å². The van der Waals surface area contributed by atoms with Gasteiger partial charge in [-0.25, -0.2) is 5.43 Å². The second kappa shape index (κ2) is 9.05. The molecule has 6 nitrogen and oxygen atoms in total. The molecule has 0 aromatic heterocycles. The Kier molecular flexibility index (Phi) is 6.80. The molecule has 0 unspecified atom stereocenters. The monoisotopic (exact) mass is 379 g/mol. The second-order valence-corrected chi connectivity index (χ2v) is 5.69. The van der Waals surface area contributed by atoms with E-state index in [1.165, 1.54) is 13.3 Å². The van der Waals surface area contributed by atoms with E-state index in [1.54, 1.807) is 42.5 Å². The molecule has 0 aliphatic heterocycles. The van der Waals surface area contributed by atoms with Gasteiger partial charge in [0.1, 0.15) is 5.75 Å². The molecule has 25 heavy (non-hydrogen) atoms. The van der Waals surface area contributed by atoms with Crippen molar-refractivity contribution in [2.75, 3.05) is 13.7 Å². The maximum Gasteiger partial charge on any atom is 0.259 e. The number of para-hydroxylation sites is 1. The van der Waals surface area contributed by atoms with E-state index >= 15 is 0 Å². The third-order valence-electron chi connectivity index (χ3n) is 3.12. The van der Waals surface area contributed by atoms with Crippen molar-refractivity contribution >= 4 is 41.2 Å². The number of hydrogen-bond donors (Lipinski definition) is 2. The van der Waals surface area contributed by atoms with Crippen LogP contribution in [0.2, 0.25) is 10.0 Å². The lowest BCUT2D eigenvalue weighted by Crippen LogP contribution is -2.35. The molecule has 0 aliphatic rings. The zero-order chi connectivity index (χ0) is 18.2. The van der Waals surface area contributed by atoms with Crippen LogP contribution in [0, 0.1) is 0 Å². The Hall–Kier alpha value is -2.57. The van der Waals surface area contributed by atoms with Gasteiger partial charge in [0.25, 0.3) is 11.8 Å². The number of benzene rings is 2. The maximum absolute atomic E-state index is 12.1. The van der Waals surface area contributed by atoms with E-state index in [0.717, 1.165) is 0 Å². The van der Waals surface area contributed by atoms with E-state index in [2.05, 4.69) is 15.8 Å². The normalized spacial score (nSPS) is 10.5. The molecule has 2 N–H and O–H groups in total. The molecule has 0 bridgehead atoms. The lowest BCUT2D eigenvalue weighted by Gasteiger charge is -2.08. The van der Waals surface area contributed by atoms with E-state index in [0.29, 0.717) is 26.9 Å². The van der Waals surface area contributed by atoms with Crippen molar-refractivity contribution in [2.45, 2.75) is 0 Å². The first-order valence-electron chi connectivity index (χ1n) is 7.19. The number of nitrogens with one attached hydrogen (secondary N) is 2. The molecule has 0 fully saturated rings. The number of methoxy groups -OCH3 is 1. The molecule has 0 aliphatic carbocycles. The minimum absolute atomic E-state index is 0.234. The topological polar surface area (TPSA) is 79.8 Å². The molecule has 2 aromatic rings. The maximum atomic E-state index is 12.1. The van der Waals surface area contributed by atoms with Gasteiger partial charge in [0, 0.05) is 10.6 Å². The SMILES string of the molecule is COc1ccccc1C(=O)NCC(=O)N/N=C\c1ccc(Cl)cc1Cl. The minimum atomic E-state index is -0.482. The van der Waals surface area contributed by atoms with E-state index in [-0.39, 0.29) is 6.54 Å². The Morgan fingerprint density at radius 3 is 2.68 bits per heavy atom. The molecular formula is C17H15Cl2N3O3. The number of rotatable bonds is 6. The summed E-state index contributed by atoms with van der Waals surface area (Å²) in [6, 6.07) is 11.6. The summed E-state index contributed by atoms with van der Waals surface area (Å²) in [6.07, 6.45) is 1.39. The number of carbonyl (C=O) groups is 2. The Morgan fingerprint density at radius 1 is 1.20 bits per heavy atom. The Morgan fingerprint density at radius 2 is 1.96 bits per heavy atom. The van der Waals surface area contributed by atoms with Crippen molar-refractivity contribution in [3.63, 3.8) is 0 Å². The van der Waals surface area contributed by atoms with Gasteiger partial charge in [0.2, 0.25) is 0 Å². The highest BCUT2D eigenvalue weighted by atomic mass is 35.5. The summed E-state index contributed by atoms with van der Waals surface area (Å²) in [5.74, 6) is -0.474. The summed E-state index contributed by atoms with van der Waals surface area (Å²) < 4.78 is 5.10. The molecule has 2 rings (SSSR count). The zero-order valence-corrected chi connectivity index (χ0v) is 14.8. The van der Waals surface area contributed by atoms with Crippen LogP contribution in [-0.2, 0) is 4.79 Å². The number of halogens is 2. The number of carbonyl (C=O) groups excluding carboxylic acids is 2. The predicted molar refractivity (Wildman–Crippen MR) is 97.5 cm³/mol. The first-order valence-corrected chi connectivity index (χ1v) is 7.95. The van der Waals surface area contributed by atoms with Crippen LogP contribution < -0.4 is 15.5 Å². The molecule has 0 saturated heterocycles. The Labute approximate surface area is 154 Å². The smallest absolute Gasteiger partial charge is 0.259 e. The fourth-order valence-electron chi connectivity index (χ4n) is 1.91. The lowest BCUT2D eigenvalue weighted by molar-refractivity contribution is -0.120. The van der Waals surface area contributed by atoms with Crippen molar-refractivity contribution < 1.29 is 14.3 Å². The van der Waals surface area contributed by atoms with Gasteiger partial charge in [-0.05, 0) is 24.3 Å². The number of hydrazone groups is 1. The molecule has 2 aromatic carbocycles. The van der Waals surface area contributed by atoms with Crippen molar-refractivity contribution in [2.24, 2.45) is 5.10 Å². The largest absolute Gasteiger partial charge is 0.496 e. The van der Waals surface area contributed by atoms with Crippen molar-refractivity contribution in [3.8, 4) is 5.75 Å². The minimum Gasteiger partial charge on any atom is -0.496 e. The van der Waals surface area contributed by atoms with Gasteiger partial charge < -0.3 is 10.1 Å². The van der Waals surface area contributed by atoms with Gasteiger partial charge in [0.05, 0.1) is 30.5 Å². The van der Waals surface area contributed by atoms with Gasteiger partial charge >= 0.3 is 0 Å². The molecule has 0 radical (unpaired) electrons. The Bertz CT molecular complexity index is 809. The first-order chi connectivity index (χ1) is 12.0.